The Bertz CT molecular complexity index is 2130. The van der Waals surface area contributed by atoms with Crippen LogP contribution in [0.25, 0.3) is 10.8 Å². The lowest BCUT2D eigenvalue weighted by Gasteiger charge is -2.35. The molecule has 0 radical (unpaired) electrons. The van der Waals surface area contributed by atoms with E-state index in [0.717, 1.165) is 4.90 Å². The highest BCUT2D eigenvalue weighted by Crippen LogP contribution is 2.48. The number of pyridine rings is 1. The molecule has 6 rings (SSSR count). The molecule has 2 saturated carbocycles. The lowest BCUT2D eigenvalue weighted by Crippen LogP contribution is -2.60. The molecule has 1 saturated heterocycles. The van der Waals surface area contributed by atoms with Gasteiger partial charge in [0.2, 0.25) is 33.3 Å². The van der Waals surface area contributed by atoms with Crippen LogP contribution in [0.5, 0.6) is 11.6 Å². The minimum Gasteiger partial charge on any atom is -0.494 e. The quantitative estimate of drug-likeness (QED) is 0.217. The van der Waals surface area contributed by atoms with Gasteiger partial charge >= 0.3 is 12.3 Å². The molecular weight excluding hydrogens is 803 g/mol. The number of aromatic nitrogens is 1. The number of sulfonamides is 1. The predicted molar refractivity (Wildman–Crippen MR) is 206 cm³/mol. The Balaban J connectivity index is 1.38. The molecular formula is C40H51F4N5O9S. The Morgan fingerprint density at radius 1 is 1.14 bits per heavy atom. The smallest absolute Gasteiger partial charge is 0.427 e. The maximum Gasteiger partial charge on any atom is 0.427 e. The number of alkyl halides is 3. The number of methoxy groups -OCH3 is 1. The number of benzene rings is 1. The second kappa shape index (κ2) is 16.1. The lowest BCUT2D eigenvalue weighted by molar-refractivity contribution is -0.244. The van der Waals surface area contributed by atoms with Crippen LogP contribution in [0.1, 0.15) is 86.0 Å². The van der Waals surface area contributed by atoms with Crippen LogP contribution < -0.4 is 24.8 Å². The number of ether oxygens (including phenoxy) is 3. The Labute approximate surface area is 340 Å². The SMILES string of the molecule is CC[C@@H]1C[C@@H](C)CCC=C[C@@H]2C[C@@]2(C(=O)NS(=O)(=O)C2(C)CC2)NC(=O)[C@@H]2C[C@@H](Oc3nccc4cc(OC)c(F)cc34)CN2C(=O)[C@H]1NC(=O)OC(C)(C)C(F)(F)F. The third-order valence-electron chi connectivity index (χ3n) is 12.2. The van der Waals surface area contributed by atoms with Crippen molar-refractivity contribution in [2.24, 2.45) is 17.8 Å². The van der Waals surface area contributed by atoms with Crippen LogP contribution in [0.15, 0.2) is 36.5 Å². The first-order valence-electron chi connectivity index (χ1n) is 19.8. The van der Waals surface area contributed by atoms with Crippen molar-refractivity contribution in [3.05, 3.63) is 42.4 Å². The summed E-state index contributed by atoms with van der Waals surface area (Å²) in [5, 5.41) is 5.93. The Morgan fingerprint density at radius 2 is 1.85 bits per heavy atom. The standard InChI is InChI=1S/C40H51F4N5O9S/c1-7-23-16-22(2)10-8-9-11-25-20-39(25,35(52)48-59(54,55)38(5)13-14-38)47-32(50)29-18-26(57-33-27-19-28(41)30(56-6)17-24(27)12-15-45-33)21-49(29)34(51)31(23)46-36(53)58-37(3,4)40(42,43)44/h9,11-12,15,17,19,22-23,25-26,29,31H,7-8,10,13-14,16,18,20-21H2,1-6H3,(H,46,53)(H,47,50)(H,48,52)/t22-,23+,25+,26+,29-,31-,39+/m0/s1. The molecule has 3 N–H and O–H groups in total. The number of hydrogen-bond donors (Lipinski definition) is 3. The summed E-state index contributed by atoms with van der Waals surface area (Å²) >= 11 is 0. The van der Waals surface area contributed by atoms with Gasteiger partial charge in [0.15, 0.2) is 11.6 Å². The number of rotatable bonds is 9. The van der Waals surface area contributed by atoms with Crippen molar-refractivity contribution in [2.45, 2.75) is 126 Å². The minimum absolute atomic E-state index is 0.0237. The first-order chi connectivity index (χ1) is 27.5. The van der Waals surface area contributed by atoms with E-state index in [1.165, 1.54) is 32.4 Å². The molecule has 19 heteroatoms. The van der Waals surface area contributed by atoms with Gasteiger partial charge in [-0.15, -0.1) is 0 Å². The van der Waals surface area contributed by atoms with E-state index in [9.17, 15) is 45.2 Å². The van der Waals surface area contributed by atoms with E-state index in [1.807, 2.05) is 13.0 Å². The van der Waals surface area contributed by atoms with Crippen LogP contribution in [-0.4, -0.2) is 96.0 Å². The predicted octanol–water partition coefficient (Wildman–Crippen LogP) is 5.44. The van der Waals surface area contributed by atoms with Crippen molar-refractivity contribution >= 4 is 44.6 Å². The van der Waals surface area contributed by atoms with Gasteiger partial charge in [-0.1, -0.05) is 32.4 Å². The van der Waals surface area contributed by atoms with Crippen molar-refractivity contribution in [1.29, 1.82) is 0 Å². The van der Waals surface area contributed by atoms with Crippen molar-refractivity contribution < 1.29 is 59.4 Å². The Morgan fingerprint density at radius 3 is 2.49 bits per heavy atom. The molecule has 2 aliphatic heterocycles. The van der Waals surface area contributed by atoms with E-state index in [4.69, 9.17) is 14.2 Å². The zero-order chi connectivity index (χ0) is 43.3. The highest BCUT2D eigenvalue weighted by molar-refractivity contribution is 7.91. The van der Waals surface area contributed by atoms with Gasteiger partial charge in [-0.3, -0.25) is 19.1 Å². The average molecular weight is 854 g/mol. The molecule has 4 amide bonds. The maximum absolute atomic E-state index is 14.9. The summed E-state index contributed by atoms with van der Waals surface area (Å²) in [5.74, 6) is -4.60. The third-order valence-corrected chi connectivity index (χ3v) is 14.3. The summed E-state index contributed by atoms with van der Waals surface area (Å²) in [4.78, 5) is 62.0. The number of allylic oxidation sites excluding steroid dienone is 1. The van der Waals surface area contributed by atoms with Crippen LogP contribution in [0.4, 0.5) is 22.4 Å². The van der Waals surface area contributed by atoms with Gasteiger partial charge in [-0.05, 0) is 94.7 Å². The number of nitrogens with zero attached hydrogens (tertiary/aromatic N) is 2. The fourth-order valence-electron chi connectivity index (χ4n) is 7.82. The highest BCUT2D eigenvalue weighted by atomic mass is 32.2. The maximum atomic E-state index is 14.9. The van der Waals surface area contributed by atoms with Gasteiger partial charge in [-0.25, -0.2) is 22.6 Å². The largest absolute Gasteiger partial charge is 0.494 e. The lowest BCUT2D eigenvalue weighted by atomic mass is 9.85. The van der Waals surface area contributed by atoms with Crippen LogP contribution in [0, 0.1) is 23.6 Å². The molecule has 1 aromatic carbocycles. The fourth-order valence-corrected chi connectivity index (χ4v) is 9.13. The van der Waals surface area contributed by atoms with E-state index in [2.05, 4.69) is 20.3 Å². The van der Waals surface area contributed by atoms with Crippen LogP contribution in [-0.2, 0) is 29.1 Å². The molecule has 324 valence electrons. The number of carbonyl (C=O) groups is 4. The van der Waals surface area contributed by atoms with E-state index >= 15 is 0 Å². The Hall–Kier alpha value is -4.68. The summed E-state index contributed by atoms with van der Waals surface area (Å²) in [6.07, 6.45) is -0.0192. The molecule has 4 aliphatic rings. The third kappa shape index (κ3) is 8.94. The summed E-state index contributed by atoms with van der Waals surface area (Å²) in [5.41, 5.74) is -4.60. The van der Waals surface area contributed by atoms with Crippen molar-refractivity contribution in [3.63, 3.8) is 0 Å². The van der Waals surface area contributed by atoms with Gasteiger partial charge in [-0.2, -0.15) is 13.2 Å². The number of alkyl carbamates (subject to hydrolysis) is 1. The number of hydrogen-bond acceptors (Lipinski definition) is 10. The molecule has 3 fully saturated rings. The average Bonchev–Trinajstić information content (AvgIpc) is 4.03. The van der Waals surface area contributed by atoms with Gasteiger partial charge in [0.1, 0.15) is 23.7 Å². The molecule has 0 bridgehead atoms. The molecule has 3 heterocycles. The molecule has 2 aliphatic carbocycles. The van der Waals surface area contributed by atoms with Crippen molar-refractivity contribution in [2.75, 3.05) is 13.7 Å². The van der Waals surface area contributed by atoms with E-state index in [1.54, 1.807) is 19.1 Å². The van der Waals surface area contributed by atoms with Gasteiger partial charge in [0, 0.05) is 23.9 Å². The second-order valence-electron chi connectivity index (χ2n) is 17.0. The summed E-state index contributed by atoms with van der Waals surface area (Å²) in [6, 6.07) is 1.36. The number of halogens is 4. The molecule has 1 aromatic heterocycles. The van der Waals surface area contributed by atoms with Crippen molar-refractivity contribution in [3.8, 4) is 11.6 Å². The van der Waals surface area contributed by atoms with E-state index < -0.39 is 91.7 Å². The minimum atomic E-state index is -4.94. The first-order valence-corrected chi connectivity index (χ1v) is 21.2. The number of carbonyl (C=O) groups excluding carboxylic acids is 4. The fraction of sp³-hybridized carbons (Fsp3) is 0.625. The Kier molecular flexibility index (Phi) is 11.9. The van der Waals surface area contributed by atoms with Gasteiger partial charge in [0.05, 0.1) is 18.4 Å². The zero-order valence-electron chi connectivity index (χ0n) is 33.8. The van der Waals surface area contributed by atoms with Crippen LogP contribution >= 0.6 is 0 Å². The number of fused-ring (bicyclic) bond motifs is 3. The second-order valence-corrected chi connectivity index (χ2v) is 19.2. The van der Waals surface area contributed by atoms with Gasteiger partial charge < -0.3 is 29.7 Å². The summed E-state index contributed by atoms with van der Waals surface area (Å²) in [6.45, 7) is 6.28. The van der Waals surface area contributed by atoms with Crippen molar-refractivity contribution in [1.82, 2.24) is 25.2 Å². The van der Waals surface area contributed by atoms with Crippen LogP contribution in [0.2, 0.25) is 0 Å². The van der Waals surface area contributed by atoms with Crippen LogP contribution in [0.3, 0.4) is 0 Å². The van der Waals surface area contributed by atoms with Gasteiger partial charge in [0.25, 0.3) is 5.91 Å². The molecule has 14 nitrogen and oxygen atoms in total. The normalized spacial score (nSPS) is 28.6. The summed E-state index contributed by atoms with van der Waals surface area (Å²) in [7, 11) is -2.79. The molecule has 2 aromatic rings. The molecule has 7 atom stereocenters. The molecule has 0 unspecified atom stereocenters. The van der Waals surface area contributed by atoms with E-state index in [-0.39, 0.29) is 42.3 Å². The first kappa shape index (κ1) is 43.9. The molecule has 59 heavy (non-hydrogen) atoms. The molecule has 0 spiro atoms. The number of amides is 4. The monoisotopic (exact) mass is 853 g/mol. The highest BCUT2D eigenvalue weighted by Gasteiger charge is 2.63. The summed E-state index contributed by atoms with van der Waals surface area (Å²) < 4.78 is 99.9. The topological polar surface area (TPSA) is 182 Å². The zero-order valence-corrected chi connectivity index (χ0v) is 34.6. The van der Waals surface area contributed by atoms with E-state index in [0.29, 0.717) is 57.8 Å². The number of nitrogens with one attached hydrogen (secondary N) is 3.